The van der Waals surface area contributed by atoms with Crippen molar-refractivity contribution in [1.82, 2.24) is 15.3 Å². The molecule has 0 aliphatic rings. The normalized spacial score (nSPS) is 11.3. The van der Waals surface area contributed by atoms with E-state index in [9.17, 15) is 10.1 Å². The van der Waals surface area contributed by atoms with Crippen LogP contribution < -0.4 is 10.1 Å². The van der Waals surface area contributed by atoms with E-state index in [0.29, 0.717) is 22.3 Å². The molecule has 1 unspecified atom stereocenters. The first-order valence-corrected chi connectivity index (χ1v) is 8.61. The lowest BCUT2D eigenvalue weighted by Crippen LogP contribution is -2.29. The summed E-state index contributed by atoms with van der Waals surface area (Å²) in [5, 5.41) is 21.1. The van der Waals surface area contributed by atoms with Crippen molar-refractivity contribution in [3.8, 4) is 17.9 Å². The summed E-state index contributed by atoms with van der Waals surface area (Å²) in [4.78, 5) is 21.1. The molecule has 0 saturated carbocycles. The van der Waals surface area contributed by atoms with Gasteiger partial charge in [-0.3, -0.25) is 4.79 Å². The standard InChI is InChI=1S/C20H14ClN5O2/c1-28-14-4-2-3-13(7-14)11-24-20(27)15(10-23)18-19(21)26-17-8-12(9-22)5-6-16(17)25-18/h2-8,15H,11H2,1H3,(H,24,27). The van der Waals surface area contributed by atoms with Gasteiger partial charge in [0.05, 0.1) is 35.8 Å². The van der Waals surface area contributed by atoms with Crippen LogP contribution in [0.25, 0.3) is 11.0 Å². The maximum Gasteiger partial charge on any atom is 0.243 e. The van der Waals surface area contributed by atoms with Crippen molar-refractivity contribution >= 4 is 28.5 Å². The summed E-state index contributed by atoms with van der Waals surface area (Å²) < 4.78 is 5.15. The second kappa shape index (κ2) is 8.34. The molecule has 138 valence electrons. The van der Waals surface area contributed by atoms with E-state index in [1.165, 1.54) is 0 Å². The third kappa shape index (κ3) is 4.01. The number of hydrogen-bond acceptors (Lipinski definition) is 6. The largest absolute Gasteiger partial charge is 0.497 e. The Morgan fingerprint density at radius 2 is 2.04 bits per heavy atom. The number of aromatic nitrogens is 2. The first kappa shape index (κ1) is 19.1. The quantitative estimate of drug-likeness (QED) is 0.715. The van der Waals surface area contributed by atoms with Crippen LogP contribution in [0.3, 0.4) is 0 Å². The molecule has 0 fully saturated rings. The number of halogens is 1. The third-order valence-electron chi connectivity index (χ3n) is 4.04. The lowest BCUT2D eigenvalue weighted by molar-refractivity contribution is -0.121. The van der Waals surface area contributed by atoms with Gasteiger partial charge < -0.3 is 10.1 Å². The summed E-state index contributed by atoms with van der Waals surface area (Å²) >= 11 is 6.17. The molecule has 2 aromatic carbocycles. The van der Waals surface area contributed by atoms with Crippen LogP contribution in [0, 0.1) is 22.7 Å². The van der Waals surface area contributed by atoms with Gasteiger partial charge in [0.2, 0.25) is 5.91 Å². The Kier molecular flexibility index (Phi) is 5.69. The number of carbonyl (C=O) groups is 1. The van der Waals surface area contributed by atoms with Gasteiger partial charge >= 0.3 is 0 Å². The topological polar surface area (TPSA) is 112 Å². The van der Waals surface area contributed by atoms with Crippen LogP contribution in [-0.2, 0) is 11.3 Å². The first-order valence-electron chi connectivity index (χ1n) is 8.23. The molecule has 28 heavy (non-hydrogen) atoms. The Hall–Kier alpha value is -3.68. The molecule has 1 amide bonds. The number of benzene rings is 2. The molecule has 8 heteroatoms. The highest BCUT2D eigenvalue weighted by molar-refractivity contribution is 6.30. The zero-order valence-electron chi connectivity index (χ0n) is 14.8. The van der Waals surface area contributed by atoms with E-state index >= 15 is 0 Å². The van der Waals surface area contributed by atoms with E-state index in [2.05, 4.69) is 15.3 Å². The van der Waals surface area contributed by atoms with Crippen LogP contribution in [0.15, 0.2) is 42.5 Å². The Morgan fingerprint density at radius 3 is 2.75 bits per heavy atom. The minimum Gasteiger partial charge on any atom is -0.497 e. The lowest BCUT2D eigenvalue weighted by Gasteiger charge is -2.12. The molecule has 3 aromatic rings. The van der Waals surface area contributed by atoms with Crippen LogP contribution in [0.2, 0.25) is 5.15 Å². The zero-order chi connectivity index (χ0) is 20.1. The van der Waals surface area contributed by atoms with Gasteiger partial charge in [-0.1, -0.05) is 23.7 Å². The Labute approximate surface area is 166 Å². The van der Waals surface area contributed by atoms with Crippen molar-refractivity contribution in [2.75, 3.05) is 7.11 Å². The van der Waals surface area contributed by atoms with E-state index in [1.807, 2.05) is 24.3 Å². The summed E-state index contributed by atoms with van der Waals surface area (Å²) in [7, 11) is 1.56. The SMILES string of the molecule is COc1cccc(CNC(=O)C(C#N)c2nc3ccc(C#N)cc3nc2Cl)c1. The van der Waals surface area contributed by atoms with Crippen molar-refractivity contribution in [2.45, 2.75) is 12.5 Å². The van der Waals surface area contributed by atoms with Gasteiger partial charge in [-0.15, -0.1) is 0 Å². The first-order chi connectivity index (χ1) is 13.5. The minimum absolute atomic E-state index is 0.0503. The maximum atomic E-state index is 12.6. The Morgan fingerprint density at radius 1 is 1.21 bits per heavy atom. The molecule has 0 spiro atoms. The molecule has 0 aliphatic carbocycles. The molecular formula is C20H14ClN5O2. The predicted octanol–water partition coefficient (Wildman–Crippen LogP) is 3.09. The molecule has 0 saturated heterocycles. The van der Waals surface area contributed by atoms with Gasteiger partial charge in [0.1, 0.15) is 11.4 Å². The number of carbonyl (C=O) groups excluding carboxylic acids is 1. The van der Waals surface area contributed by atoms with Gasteiger partial charge in [-0.05, 0) is 35.9 Å². The number of nitrogens with zero attached hydrogens (tertiary/aromatic N) is 4. The van der Waals surface area contributed by atoms with Crippen molar-refractivity contribution in [1.29, 1.82) is 10.5 Å². The second-order valence-corrected chi connectivity index (χ2v) is 6.20. The Balaban J connectivity index is 1.84. The number of rotatable bonds is 5. The highest BCUT2D eigenvalue weighted by Gasteiger charge is 2.25. The van der Waals surface area contributed by atoms with Gasteiger partial charge in [0, 0.05) is 6.54 Å². The molecule has 1 atom stereocenters. The molecule has 0 radical (unpaired) electrons. The molecule has 3 rings (SSSR count). The van der Waals surface area contributed by atoms with Gasteiger partial charge in [-0.2, -0.15) is 10.5 Å². The monoisotopic (exact) mass is 391 g/mol. The number of amides is 1. The van der Waals surface area contributed by atoms with Crippen molar-refractivity contribution in [3.63, 3.8) is 0 Å². The van der Waals surface area contributed by atoms with E-state index < -0.39 is 11.8 Å². The Bertz CT molecular complexity index is 1130. The van der Waals surface area contributed by atoms with Gasteiger partial charge in [0.25, 0.3) is 0 Å². The number of nitriles is 2. The van der Waals surface area contributed by atoms with Gasteiger partial charge in [-0.25, -0.2) is 9.97 Å². The molecule has 1 aromatic heterocycles. The number of nitrogens with one attached hydrogen (secondary N) is 1. The van der Waals surface area contributed by atoms with Crippen LogP contribution in [0.5, 0.6) is 5.75 Å². The fraction of sp³-hybridized carbons (Fsp3) is 0.150. The lowest BCUT2D eigenvalue weighted by atomic mass is 10.1. The maximum absolute atomic E-state index is 12.6. The summed E-state index contributed by atoms with van der Waals surface area (Å²) in [6, 6.07) is 15.9. The predicted molar refractivity (Wildman–Crippen MR) is 102 cm³/mol. The fourth-order valence-corrected chi connectivity index (χ4v) is 2.86. The summed E-state index contributed by atoms with van der Waals surface area (Å²) in [5.41, 5.74) is 2.17. The zero-order valence-corrected chi connectivity index (χ0v) is 15.6. The van der Waals surface area contributed by atoms with E-state index in [4.69, 9.17) is 21.6 Å². The number of ether oxygens (including phenoxy) is 1. The van der Waals surface area contributed by atoms with Crippen molar-refractivity contribution in [2.24, 2.45) is 0 Å². The second-order valence-electron chi connectivity index (χ2n) is 5.85. The van der Waals surface area contributed by atoms with Crippen molar-refractivity contribution < 1.29 is 9.53 Å². The number of hydrogen-bond donors (Lipinski definition) is 1. The van der Waals surface area contributed by atoms with Crippen LogP contribution in [0.1, 0.15) is 22.7 Å². The minimum atomic E-state index is -1.22. The van der Waals surface area contributed by atoms with E-state index in [1.54, 1.807) is 37.4 Å². The van der Waals surface area contributed by atoms with Crippen LogP contribution in [-0.4, -0.2) is 23.0 Å². The molecule has 0 aliphatic heterocycles. The molecule has 1 heterocycles. The number of fused-ring (bicyclic) bond motifs is 1. The van der Waals surface area contributed by atoms with Crippen molar-refractivity contribution in [3.05, 3.63) is 64.4 Å². The van der Waals surface area contributed by atoms with E-state index in [-0.39, 0.29) is 17.4 Å². The third-order valence-corrected chi connectivity index (χ3v) is 4.32. The highest BCUT2D eigenvalue weighted by atomic mass is 35.5. The molecular weight excluding hydrogens is 378 g/mol. The molecule has 7 nitrogen and oxygen atoms in total. The van der Waals surface area contributed by atoms with Gasteiger partial charge in [0.15, 0.2) is 11.1 Å². The van der Waals surface area contributed by atoms with Crippen LogP contribution >= 0.6 is 11.6 Å². The summed E-state index contributed by atoms with van der Waals surface area (Å²) in [5.74, 6) is -1.08. The fourth-order valence-electron chi connectivity index (χ4n) is 2.62. The highest BCUT2D eigenvalue weighted by Crippen LogP contribution is 2.25. The average Bonchev–Trinajstić information content (AvgIpc) is 2.72. The average molecular weight is 392 g/mol. The number of methoxy groups -OCH3 is 1. The summed E-state index contributed by atoms with van der Waals surface area (Å²) in [6.07, 6.45) is 0. The summed E-state index contributed by atoms with van der Waals surface area (Å²) in [6.45, 7) is 0.221. The van der Waals surface area contributed by atoms with Crippen LogP contribution in [0.4, 0.5) is 0 Å². The van der Waals surface area contributed by atoms with E-state index in [0.717, 1.165) is 5.56 Å². The molecule has 1 N–H and O–H groups in total. The smallest absolute Gasteiger partial charge is 0.243 e. The molecule has 0 bridgehead atoms.